The summed E-state index contributed by atoms with van der Waals surface area (Å²) in [4.78, 5) is 3.91. The van der Waals surface area contributed by atoms with E-state index in [1.165, 1.54) is 6.39 Å². The summed E-state index contributed by atoms with van der Waals surface area (Å²) in [6.45, 7) is 6.40. The monoisotopic (exact) mass is 291 g/mol. The first-order valence-electron chi connectivity index (χ1n) is 6.94. The molecule has 0 fully saturated rings. The van der Waals surface area contributed by atoms with Crippen molar-refractivity contribution in [2.45, 2.75) is 27.0 Å². The summed E-state index contributed by atoms with van der Waals surface area (Å²) in [5.74, 6) is 2.49. The van der Waals surface area contributed by atoms with E-state index < -0.39 is 0 Å². The molecule has 114 valence electrons. The van der Waals surface area contributed by atoms with E-state index in [9.17, 15) is 0 Å². The van der Waals surface area contributed by atoms with E-state index in [-0.39, 0.29) is 6.61 Å². The van der Waals surface area contributed by atoms with Crippen LogP contribution in [0.1, 0.15) is 25.2 Å². The quantitative estimate of drug-likeness (QED) is 0.805. The molecule has 6 heteroatoms. The van der Waals surface area contributed by atoms with Crippen LogP contribution in [0.5, 0.6) is 11.5 Å². The maximum absolute atomic E-state index is 5.64. The third kappa shape index (κ3) is 4.75. The number of nitrogens with one attached hydrogen (secondary N) is 1. The Labute approximate surface area is 124 Å². The highest BCUT2D eigenvalue weighted by Crippen LogP contribution is 2.28. The van der Waals surface area contributed by atoms with Crippen molar-refractivity contribution in [1.82, 2.24) is 15.5 Å². The van der Waals surface area contributed by atoms with Gasteiger partial charge in [-0.15, -0.1) is 0 Å². The minimum atomic E-state index is 0.248. The average Bonchev–Trinajstić information content (AvgIpc) is 2.98. The molecule has 0 saturated carbocycles. The fraction of sp³-hybridized carbons (Fsp3) is 0.467. The summed E-state index contributed by atoms with van der Waals surface area (Å²) in [6.07, 6.45) is 1.28. The van der Waals surface area contributed by atoms with Crippen molar-refractivity contribution < 1.29 is 14.0 Å². The van der Waals surface area contributed by atoms with Crippen LogP contribution < -0.4 is 14.8 Å². The van der Waals surface area contributed by atoms with Gasteiger partial charge in [-0.3, -0.25) is 0 Å². The molecule has 2 aromatic rings. The molecule has 0 bridgehead atoms. The highest BCUT2D eigenvalue weighted by atomic mass is 16.5. The molecule has 1 aromatic carbocycles. The normalized spacial score (nSPS) is 10.9. The molecule has 0 aliphatic heterocycles. The second-order valence-corrected chi connectivity index (χ2v) is 5.15. The topological polar surface area (TPSA) is 69.4 Å². The SMILES string of the molecule is COc1cc(CNCC(C)C)ccc1OCc1ncon1. The van der Waals surface area contributed by atoms with Crippen LogP contribution in [0.3, 0.4) is 0 Å². The number of hydrogen-bond donors (Lipinski definition) is 1. The van der Waals surface area contributed by atoms with Gasteiger partial charge in [0.2, 0.25) is 12.2 Å². The summed E-state index contributed by atoms with van der Waals surface area (Å²) in [6, 6.07) is 5.88. The number of aromatic nitrogens is 2. The van der Waals surface area contributed by atoms with E-state index in [1.807, 2.05) is 18.2 Å². The highest BCUT2D eigenvalue weighted by molar-refractivity contribution is 5.42. The Bertz CT molecular complexity index is 541. The summed E-state index contributed by atoms with van der Waals surface area (Å²) < 4.78 is 15.7. The largest absolute Gasteiger partial charge is 0.493 e. The van der Waals surface area contributed by atoms with Crippen molar-refractivity contribution in [2.75, 3.05) is 13.7 Å². The van der Waals surface area contributed by atoms with E-state index in [1.54, 1.807) is 7.11 Å². The standard InChI is InChI=1S/C15H21N3O3/c1-11(2)7-16-8-12-4-5-13(14(6-12)19-3)20-9-15-17-10-21-18-15/h4-6,10-11,16H,7-9H2,1-3H3. The summed E-state index contributed by atoms with van der Waals surface area (Å²) in [5.41, 5.74) is 1.15. The zero-order valence-electron chi connectivity index (χ0n) is 12.6. The van der Waals surface area contributed by atoms with Gasteiger partial charge >= 0.3 is 0 Å². The third-order valence-corrected chi connectivity index (χ3v) is 2.87. The number of hydrogen-bond acceptors (Lipinski definition) is 6. The first-order chi connectivity index (χ1) is 10.2. The fourth-order valence-electron chi connectivity index (χ4n) is 1.84. The van der Waals surface area contributed by atoms with E-state index in [0.717, 1.165) is 18.7 Å². The molecule has 0 spiro atoms. The smallest absolute Gasteiger partial charge is 0.213 e. The minimum Gasteiger partial charge on any atom is -0.493 e. The number of ether oxygens (including phenoxy) is 2. The number of rotatable bonds is 8. The lowest BCUT2D eigenvalue weighted by Gasteiger charge is -2.12. The molecule has 1 heterocycles. The van der Waals surface area contributed by atoms with Crippen LogP contribution in [0.15, 0.2) is 29.1 Å². The maximum Gasteiger partial charge on any atom is 0.213 e. The summed E-state index contributed by atoms with van der Waals surface area (Å²) >= 11 is 0. The maximum atomic E-state index is 5.64. The highest BCUT2D eigenvalue weighted by Gasteiger charge is 2.08. The molecule has 0 aliphatic carbocycles. The van der Waals surface area contributed by atoms with Crippen LogP contribution in [-0.2, 0) is 13.2 Å². The van der Waals surface area contributed by atoms with Crippen LogP contribution in [0.4, 0.5) is 0 Å². The van der Waals surface area contributed by atoms with Crippen LogP contribution in [0, 0.1) is 5.92 Å². The third-order valence-electron chi connectivity index (χ3n) is 2.87. The first-order valence-corrected chi connectivity index (χ1v) is 6.94. The minimum absolute atomic E-state index is 0.248. The molecule has 0 atom stereocenters. The molecular weight excluding hydrogens is 270 g/mol. The van der Waals surface area contributed by atoms with Gasteiger partial charge in [-0.1, -0.05) is 25.1 Å². The van der Waals surface area contributed by atoms with Crippen LogP contribution in [-0.4, -0.2) is 23.8 Å². The second-order valence-electron chi connectivity index (χ2n) is 5.15. The Morgan fingerprint density at radius 3 is 2.81 bits per heavy atom. The molecule has 1 aromatic heterocycles. The van der Waals surface area contributed by atoms with Gasteiger partial charge in [0.15, 0.2) is 18.1 Å². The second kappa shape index (κ2) is 7.64. The number of benzene rings is 1. The molecule has 0 radical (unpaired) electrons. The van der Waals surface area contributed by atoms with Crippen LogP contribution in [0.25, 0.3) is 0 Å². The Hall–Kier alpha value is -2.08. The predicted octanol–water partition coefficient (Wildman–Crippen LogP) is 2.40. The van der Waals surface area contributed by atoms with Gasteiger partial charge in [0, 0.05) is 6.54 Å². The van der Waals surface area contributed by atoms with Gasteiger partial charge < -0.3 is 19.3 Å². The molecule has 0 saturated heterocycles. The molecule has 6 nitrogen and oxygen atoms in total. The Balaban J connectivity index is 1.95. The van der Waals surface area contributed by atoms with Gasteiger partial charge in [-0.2, -0.15) is 4.98 Å². The van der Waals surface area contributed by atoms with Crippen molar-refractivity contribution in [3.63, 3.8) is 0 Å². The van der Waals surface area contributed by atoms with Gasteiger partial charge in [0.25, 0.3) is 0 Å². The van der Waals surface area contributed by atoms with Crippen LogP contribution in [0.2, 0.25) is 0 Å². The Morgan fingerprint density at radius 1 is 1.29 bits per heavy atom. The van der Waals surface area contributed by atoms with E-state index >= 15 is 0 Å². The van der Waals surface area contributed by atoms with Crippen molar-refractivity contribution >= 4 is 0 Å². The molecule has 21 heavy (non-hydrogen) atoms. The summed E-state index contributed by atoms with van der Waals surface area (Å²) in [5, 5.41) is 7.10. The molecule has 0 aliphatic rings. The van der Waals surface area contributed by atoms with Gasteiger partial charge in [-0.05, 0) is 30.2 Å². The molecule has 2 rings (SSSR count). The zero-order valence-corrected chi connectivity index (χ0v) is 12.6. The van der Waals surface area contributed by atoms with Crippen LogP contribution >= 0.6 is 0 Å². The Morgan fingerprint density at radius 2 is 2.14 bits per heavy atom. The lowest BCUT2D eigenvalue weighted by molar-refractivity contribution is 0.269. The molecule has 0 amide bonds. The Kier molecular flexibility index (Phi) is 5.57. The average molecular weight is 291 g/mol. The van der Waals surface area contributed by atoms with E-state index in [4.69, 9.17) is 9.47 Å². The van der Waals surface area contributed by atoms with Crippen molar-refractivity contribution in [1.29, 1.82) is 0 Å². The zero-order chi connectivity index (χ0) is 15.1. The lowest BCUT2D eigenvalue weighted by atomic mass is 10.2. The molecule has 1 N–H and O–H groups in total. The van der Waals surface area contributed by atoms with Gasteiger partial charge in [-0.25, -0.2) is 0 Å². The van der Waals surface area contributed by atoms with Crippen molar-refractivity contribution in [3.8, 4) is 11.5 Å². The number of nitrogens with zero attached hydrogens (tertiary/aromatic N) is 2. The van der Waals surface area contributed by atoms with Crippen molar-refractivity contribution in [3.05, 3.63) is 36.0 Å². The van der Waals surface area contributed by atoms with E-state index in [0.29, 0.717) is 23.2 Å². The first kappa shape index (κ1) is 15.3. The predicted molar refractivity (Wildman–Crippen MR) is 78.2 cm³/mol. The fourth-order valence-corrected chi connectivity index (χ4v) is 1.84. The molecule has 0 unspecified atom stereocenters. The molecular formula is C15H21N3O3. The van der Waals surface area contributed by atoms with Crippen molar-refractivity contribution in [2.24, 2.45) is 5.92 Å². The van der Waals surface area contributed by atoms with Gasteiger partial charge in [0.1, 0.15) is 0 Å². The number of methoxy groups -OCH3 is 1. The van der Waals surface area contributed by atoms with Gasteiger partial charge in [0.05, 0.1) is 7.11 Å². The summed E-state index contributed by atoms with van der Waals surface area (Å²) in [7, 11) is 1.63. The lowest BCUT2D eigenvalue weighted by Crippen LogP contribution is -2.18. The van der Waals surface area contributed by atoms with E-state index in [2.05, 4.69) is 33.8 Å².